The molecule has 0 spiro atoms. The fourth-order valence-electron chi connectivity index (χ4n) is 2.70. The largest absolute Gasteiger partial charge is 0.460 e. The average Bonchev–Trinajstić information content (AvgIpc) is 2.60. The van der Waals surface area contributed by atoms with Crippen molar-refractivity contribution in [2.75, 3.05) is 6.61 Å². The van der Waals surface area contributed by atoms with Crippen LogP contribution in [0.5, 0.6) is 0 Å². The summed E-state index contributed by atoms with van der Waals surface area (Å²) in [5.74, 6) is -2.01. The van der Waals surface area contributed by atoms with E-state index < -0.39 is 22.7 Å². The Bertz CT molecular complexity index is 853. The highest BCUT2D eigenvalue weighted by Gasteiger charge is 2.36. The smallest absolute Gasteiger partial charge is 0.379 e. The minimum absolute atomic E-state index is 0.0356. The highest BCUT2D eigenvalue weighted by Crippen LogP contribution is 2.34. The molecule has 1 atom stereocenters. The first-order valence-corrected chi connectivity index (χ1v) is 8.92. The number of nitro benzene ring substituents is 1. The molecule has 1 aliphatic rings. The number of nitrogens with one attached hydrogen (secondary N) is 2. The van der Waals surface area contributed by atoms with E-state index in [0.717, 1.165) is 0 Å². The maximum absolute atomic E-state index is 12.8. The molecule has 0 saturated heterocycles. The van der Waals surface area contributed by atoms with Crippen LogP contribution in [-0.4, -0.2) is 28.4 Å². The second-order valence-corrected chi connectivity index (χ2v) is 6.85. The summed E-state index contributed by atoms with van der Waals surface area (Å²) < 4.78 is 4.84. The molecule has 1 heterocycles. The third-order valence-corrected chi connectivity index (χ3v) is 4.43. The van der Waals surface area contributed by atoms with Crippen LogP contribution in [0.2, 0.25) is 5.02 Å². The summed E-state index contributed by atoms with van der Waals surface area (Å²) in [4.78, 5) is 35.4. The first kappa shape index (κ1) is 20.8. The van der Waals surface area contributed by atoms with Gasteiger partial charge in [0.15, 0.2) is 5.11 Å². The first-order chi connectivity index (χ1) is 12.7. The molecular formula is C17H18ClN3O5S. The lowest BCUT2D eigenvalue weighted by Crippen LogP contribution is -2.47. The van der Waals surface area contributed by atoms with Gasteiger partial charge in [-0.15, -0.1) is 0 Å². The Balaban J connectivity index is 2.64. The van der Waals surface area contributed by atoms with Crippen LogP contribution < -0.4 is 10.6 Å². The maximum Gasteiger partial charge on any atom is 0.379 e. The topological polar surface area (TPSA) is 111 Å². The molecule has 8 nitrogen and oxygen atoms in total. The van der Waals surface area contributed by atoms with E-state index in [-0.39, 0.29) is 33.9 Å². The van der Waals surface area contributed by atoms with E-state index in [1.54, 1.807) is 6.92 Å². The number of ketones is 1. The van der Waals surface area contributed by atoms with Crippen LogP contribution in [0.25, 0.3) is 0 Å². The Kier molecular flexibility index (Phi) is 6.50. The van der Waals surface area contributed by atoms with Crippen LogP contribution in [-0.2, 0) is 14.3 Å². The molecule has 0 fully saturated rings. The minimum Gasteiger partial charge on any atom is -0.460 e. The monoisotopic (exact) mass is 411 g/mol. The Morgan fingerprint density at radius 3 is 2.63 bits per heavy atom. The third kappa shape index (κ3) is 4.42. The molecule has 0 saturated carbocycles. The SMILES string of the molecule is CCOC(=O)C(=O)C1=C(C(C)C)NC(=S)N[C@@H]1c1ccc(Cl)c([N+](=O)[O-])c1. The van der Waals surface area contributed by atoms with Crippen molar-refractivity contribution in [3.8, 4) is 0 Å². The molecule has 1 aromatic rings. The molecule has 10 heteroatoms. The second kappa shape index (κ2) is 8.45. The van der Waals surface area contributed by atoms with E-state index in [9.17, 15) is 19.7 Å². The Labute approximate surface area is 166 Å². The van der Waals surface area contributed by atoms with Crippen molar-refractivity contribution in [1.29, 1.82) is 0 Å². The number of hydrogen-bond donors (Lipinski definition) is 2. The lowest BCUT2D eigenvalue weighted by molar-refractivity contribution is -0.384. The van der Waals surface area contributed by atoms with Crippen molar-refractivity contribution < 1.29 is 19.2 Å². The molecule has 0 radical (unpaired) electrons. The molecule has 1 aromatic carbocycles. The van der Waals surface area contributed by atoms with E-state index >= 15 is 0 Å². The molecule has 0 aliphatic carbocycles. The van der Waals surface area contributed by atoms with Gasteiger partial charge in [-0.3, -0.25) is 14.9 Å². The molecule has 0 aromatic heterocycles. The molecule has 2 N–H and O–H groups in total. The van der Waals surface area contributed by atoms with E-state index in [1.807, 2.05) is 13.8 Å². The number of nitrogens with zero attached hydrogens (tertiary/aromatic N) is 1. The summed E-state index contributed by atoms with van der Waals surface area (Å²) in [5, 5.41) is 17.2. The van der Waals surface area contributed by atoms with Gasteiger partial charge in [0.1, 0.15) is 5.02 Å². The Hall–Kier alpha value is -2.52. The Morgan fingerprint density at radius 2 is 2.07 bits per heavy atom. The number of ether oxygens (including phenoxy) is 1. The first-order valence-electron chi connectivity index (χ1n) is 8.14. The normalized spacial score (nSPS) is 16.6. The summed E-state index contributed by atoms with van der Waals surface area (Å²) in [6.07, 6.45) is 0. The number of carbonyl (C=O) groups excluding carboxylic acids is 2. The summed E-state index contributed by atoms with van der Waals surface area (Å²) in [7, 11) is 0. The van der Waals surface area contributed by atoms with Crippen molar-refractivity contribution >= 4 is 46.4 Å². The molecular weight excluding hydrogens is 394 g/mol. The van der Waals surface area contributed by atoms with E-state index in [4.69, 9.17) is 28.6 Å². The predicted octanol–water partition coefficient (Wildman–Crippen LogP) is 2.81. The quantitative estimate of drug-likeness (QED) is 0.242. The van der Waals surface area contributed by atoms with Crippen molar-refractivity contribution in [3.05, 3.63) is 50.2 Å². The van der Waals surface area contributed by atoms with Gasteiger partial charge in [0, 0.05) is 11.8 Å². The molecule has 27 heavy (non-hydrogen) atoms. The molecule has 0 bridgehead atoms. The van der Waals surface area contributed by atoms with Gasteiger partial charge < -0.3 is 15.4 Å². The third-order valence-electron chi connectivity index (χ3n) is 3.89. The fourth-order valence-corrected chi connectivity index (χ4v) is 3.11. The number of esters is 1. The van der Waals surface area contributed by atoms with Crippen LogP contribution in [0.1, 0.15) is 32.4 Å². The van der Waals surface area contributed by atoms with Crippen LogP contribution in [0, 0.1) is 16.0 Å². The maximum atomic E-state index is 12.8. The zero-order valence-electron chi connectivity index (χ0n) is 14.9. The van der Waals surface area contributed by atoms with Crippen molar-refractivity contribution in [1.82, 2.24) is 10.6 Å². The van der Waals surface area contributed by atoms with Gasteiger partial charge in [0.25, 0.3) is 11.5 Å². The second-order valence-electron chi connectivity index (χ2n) is 6.03. The van der Waals surface area contributed by atoms with E-state index in [0.29, 0.717) is 11.3 Å². The minimum atomic E-state index is -1.00. The number of benzene rings is 1. The van der Waals surface area contributed by atoms with Crippen molar-refractivity contribution in [2.45, 2.75) is 26.8 Å². The number of Topliss-reactive ketones (excluding diaryl/α,β-unsaturated/α-hetero) is 1. The van der Waals surface area contributed by atoms with Gasteiger partial charge >= 0.3 is 5.97 Å². The summed E-state index contributed by atoms with van der Waals surface area (Å²) in [5.41, 5.74) is 0.628. The standard InChI is InChI=1S/C17H18ClN3O5S/c1-4-26-16(23)15(22)12-13(8(2)3)19-17(27)20-14(12)9-5-6-10(18)11(7-9)21(24)25/h5-8,14H,4H2,1-3H3,(H2,19,20,27)/t14-/m1/s1. The number of hydrogen-bond acceptors (Lipinski definition) is 6. The van der Waals surface area contributed by atoms with E-state index in [2.05, 4.69) is 10.6 Å². The predicted molar refractivity (Wildman–Crippen MR) is 103 cm³/mol. The van der Waals surface area contributed by atoms with Gasteiger partial charge in [-0.2, -0.15) is 0 Å². The van der Waals surface area contributed by atoms with Crippen LogP contribution >= 0.6 is 23.8 Å². The molecule has 2 rings (SSSR count). The van der Waals surface area contributed by atoms with Crippen LogP contribution in [0.3, 0.4) is 0 Å². The zero-order valence-corrected chi connectivity index (χ0v) is 16.4. The fraction of sp³-hybridized carbons (Fsp3) is 0.353. The summed E-state index contributed by atoms with van der Waals surface area (Å²) in [6.45, 7) is 5.30. The summed E-state index contributed by atoms with van der Waals surface area (Å²) >= 11 is 11.1. The average molecular weight is 412 g/mol. The molecule has 1 aliphatic heterocycles. The van der Waals surface area contributed by atoms with Gasteiger partial charge in [-0.25, -0.2) is 4.79 Å². The number of nitro groups is 1. The highest BCUT2D eigenvalue weighted by atomic mass is 35.5. The molecule has 0 unspecified atom stereocenters. The van der Waals surface area contributed by atoms with Gasteiger partial charge in [-0.1, -0.05) is 31.5 Å². The van der Waals surface area contributed by atoms with Crippen LogP contribution in [0.15, 0.2) is 29.5 Å². The number of thiocarbonyl (C=S) groups is 1. The Morgan fingerprint density at radius 1 is 1.41 bits per heavy atom. The lowest BCUT2D eigenvalue weighted by Gasteiger charge is -2.32. The summed E-state index contributed by atoms with van der Waals surface area (Å²) in [6, 6.07) is 3.30. The van der Waals surface area contributed by atoms with Gasteiger partial charge in [0.05, 0.1) is 23.1 Å². The van der Waals surface area contributed by atoms with E-state index in [1.165, 1.54) is 18.2 Å². The van der Waals surface area contributed by atoms with Crippen molar-refractivity contribution in [2.24, 2.45) is 5.92 Å². The molecule has 0 amide bonds. The number of halogens is 1. The lowest BCUT2D eigenvalue weighted by atomic mass is 9.88. The van der Waals surface area contributed by atoms with Gasteiger partial charge in [0.2, 0.25) is 0 Å². The number of rotatable bonds is 6. The van der Waals surface area contributed by atoms with Gasteiger partial charge in [-0.05, 0) is 36.7 Å². The number of carbonyl (C=O) groups is 2. The highest BCUT2D eigenvalue weighted by molar-refractivity contribution is 7.80. The molecule has 144 valence electrons. The van der Waals surface area contributed by atoms with Crippen molar-refractivity contribution in [3.63, 3.8) is 0 Å². The zero-order chi connectivity index (χ0) is 20.3. The van der Waals surface area contributed by atoms with Crippen LogP contribution in [0.4, 0.5) is 5.69 Å². The number of allylic oxidation sites excluding steroid dienone is 1.